The fourth-order valence-electron chi connectivity index (χ4n) is 1.89. The van der Waals surface area contributed by atoms with Crippen LogP contribution >= 0.6 is 0 Å². The van der Waals surface area contributed by atoms with Crippen LogP contribution in [0.1, 0.15) is 23.2 Å². The molecule has 0 radical (unpaired) electrons. The summed E-state index contributed by atoms with van der Waals surface area (Å²) < 4.78 is 31.8. The summed E-state index contributed by atoms with van der Waals surface area (Å²) in [6.07, 6.45) is 1.66. The Morgan fingerprint density at radius 2 is 2.26 bits per heavy atom. The third kappa shape index (κ3) is 3.52. The van der Waals surface area contributed by atoms with Crippen LogP contribution in [0.25, 0.3) is 0 Å². The highest BCUT2D eigenvalue weighted by Gasteiger charge is 2.20. The van der Waals surface area contributed by atoms with Crippen molar-refractivity contribution in [3.63, 3.8) is 0 Å². The lowest BCUT2D eigenvalue weighted by Crippen LogP contribution is -2.31. The second-order valence-electron chi connectivity index (χ2n) is 4.32. The van der Waals surface area contributed by atoms with Gasteiger partial charge in [0.05, 0.1) is 16.6 Å². The number of rotatable bonds is 5. The lowest BCUT2D eigenvalue weighted by atomic mass is 10.2. The summed E-state index contributed by atoms with van der Waals surface area (Å²) in [5.41, 5.74) is -0.0556. The van der Waals surface area contributed by atoms with Crippen LogP contribution in [0.15, 0.2) is 29.2 Å². The van der Waals surface area contributed by atoms with Crippen LogP contribution in [0.3, 0.4) is 0 Å². The first-order chi connectivity index (χ1) is 8.99. The van der Waals surface area contributed by atoms with Crippen molar-refractivity contribution in [1.82, 2.24) is 4.72 Å². The van der Waals surface area contributed by atoms with Gasteiger partial charge in [-0.3, -0.25) is 0 Å². The van der Waals surface area contributed by atoms with Crippen LogP contribution < -0.4 is 4.72 Å². The first-order valence-corrected chi connectivity index (χ1v) is 7.42. The van der Waals surface area contributed by atoms with Crippen molar-refractivity contribution in [2.45, 2.75) is 23.8 Å². The summed E-state index contributed by atoms with van der Waals surface area (Å²) in [7, 11) is -3.70. The zero-order valence-corrected chi connectivity index (χ0v) is 11.0. The van der Waals surface area contributed by atoms with Crippen LogP contribution in [0.2, 0.25) is 0 Å². The summed E-state index contributed by atoms with van der Waals surface area (Å²) in [6, 6.07) is 5.26. The van der Waals surface area contributed by atoms with Gasteiger partial charge in [-0.05, 0) is 31.0 Å². The van der Waals surface area contributed by atoms with Crippen LogP contribution in [-0.2, 0) is 14.8 Å². The maximum Gasteiger partial charge on any atom is 0.335 e. The van der Waals surface area contributed by atoms with Crippen LogP contribution in [0.4, 0.5) is 0 Å². The number of benzene rings is 1. The summed E-state index contributed by atoms with van der Waals surface area (Å²) in [6.45, 7) is 0.862. The number of carboxylic acid groups (broad SMARTS) is 1. The molecule has 1 fully saturated rings. The lowest BCUT2D eigenvalue weighted by molar-refractivity contribution is 0.0696. The van der Waals surface area contributed by atoms with Gasteiger partial charge >= 0.3 is 5.97 Å². The quantitative estimate of drug-likeness (QED) is 0.836. The van der Waals surface area contributed by atoms with E-state index in [0.717, 1.165) is 18.9 Å². The highest BCUT2D eigenvalue weighted by atomic mass is 32.2. The monoisotopic (exact) mass is 285 g/mol. The Balaban J connectivity index is 2.09. The van der Waals surface area contributed by atoms with Crippen LogP contribution in [0.5, 0.6) is 0 Å². The molecular formula is C12H15NO5S. The lowest BCUT2D eigenvalue weighted by Gasteiger charge is -2.11. The van der Waals surface area contributed by atoms with Crippen molar-refractivity contribution in [2.24, 2.45) is 0 Å². The van der Waals surface area contributed by atoms with Gasteiger partial charge in [0.25, 0.3) is 0 Å². The second kappa shape index (κ2) is 5.68. The third-order valence-electron chi connectivity index (χ3n) is 2.92. The zero-order chi connectivity index (χ0) is 13.9. The summed E-state index contributed by atoms with van der Waals surface area (Å²) >= 11 is 0. The summed E-state index contributed by atoms with van der Waals surface area (Å²) in [5.74, 6) is -1.16. The van der Waals surface area contributed by atoms with E-state index >= 15 is 0 Å². The third-order valence-corrected chi connectivity index (χ3v) is 4.34. The van der Waals surface area contributed by atoms with E-state index in [2.05, 4.69) is 4.72 Å². The number of hydrogen-bond donors (Lipinski definition) is 2. The van der Waals surface area contributed by atoms with Crippen LogP contribution in [0, 0.1) is 0 Å². The van der Waals surface area contributed by atoms with Crippen LogP contribution in [-0.4, -0.2) is 38.7 Å². The van der Waals surface area contributed by atoms with Gasteiger partial charge in [-0.2, -0.15) is 0 Å². The molecule has 1 aromatic rings. The summed E-state index contributed by atoms with van der Waals surface area (Å²) in [4.78, 5) is 10.8. The van der Waals surface area contributed by atoms with Gasteiger partial charge in [0.2, 0.25) is 10.0 Å². The van der Waals surface area contributed by atoms with E-state index in [9.17, 15) is 13.2 Å². The molecule has 0 aliphatic carbocycles. The van der Waals surface area contributed by atoms with E-state index < -0.39 is 16.0 Å². The van der Waals surface area contributed by atoms with Gasteiger partial charge in [-0.15, -0.1) is 0 Å². The number of hydrogen-bond acceptors (Lipinski definition) is 4. The van der Waals surface area contributed by atoms with Gasteiger partial charge in [0, 0.05) is 13.2 Å². The van der Waals surface area contributed by atoms with E-state index in [1.165, 1.54) is 18.2 Å². The van der Waals surface area contributed by atoms with Gasteiger partial charge in [0.1, 0.15) is 0 Å². The molecule has 1 atom stereocenters. The number of aromatic carboxylic acids is 1. The SMILES string of the molecule is O=C(O)c1cccc(S(=O)(=O)NC[C@H]2CCCO2)c1. The molecule has 1 aromatic carbocycles. The molecule has 104 valence electrons. The molecule has 1 aliphatic heterocycles. The molecule has 6 nitrogen and oxygen atoms in total. The first kappa shape index (κ1) is 14.0. The molecule has 2 N–H and O–H groups in total. The fourth-order valence-corrected chi connectivity index (χ4v) is 3.00. The molecule has 7 heteroatoms. The Hall–Kier alpha value is -1.44. The predicted octanol–water partition coefficient (Wildman–Crippen LogP) is 0.842. The maximum atomic E-state index is 12.0. The Morgan fingerprint density at radius 1 is 1.47 bits per heavy atom. The molecule has 0 saturated carbocycles. The Labute approximate surface area is 111 Å². The molecule has 0 bridgehead atoms. The van der Waals surface area contributed by atoms with Gasteiger partial charge in [-0.25, -0.2) is 17.9 Å². The average molecular weight is 285 g/mol. The number of ether oxygens (including phenoxy) is 1. The minimum absolute atomic E-state index is 0.0506. The molecule has 1 aliphatic rings. The Kier molecular flexibility index (Phi) is 4.18. The Bertz CT molecular complexity index is 563. The largest absolute Gasteiger partial charge is 0.478 e. The molecule has 0 spiro atoms. The van der Waals surface area contributed by atoms with Crippen molar-refractivity contribution in [3.05, 3.63) is 29.8 Å². The van der Waals surface area contributed by atoms with Crippen molar-refractivity contribution < 1.29 is 23.1 Å². The fraction of sp³-hybridized carbons (Fsp3) is 0.417. The highest BCUT2D eigenvalue weighted by molar-refractivity contribution is 7.89. The second-order valence-corrected chi connectivity index (χ2v) is 6.09. The van der Waals surface area contributed by atoms with Crippen molar-refractivity contribution >= 4 is 16.0 Å². The molecule has 0 amide bonds. The summed E-state index contributed by atoms with van der Waals surface area (Å²) in [5, 5.41) is 8.84. The van der Waals surface area contributed by atoms with E-state index in [1.54, 1.807) is 0 Å². The predicted molar refractivity (Wildman–Crippen MR) is 67.6 cm³/mol. The highest BCUT2D eigenvalue weighted by Crippen LogP contribution is 2.14. The smallest absolute Gasteiger partial charge is 0.335 e. The van der Waals surface area contributed by atoms with E-state index in [1.807, 2.05) is 0 Å². The van der Waals surface area contributed by atoms with Crippen molar-refractivity contribution in [3.8, 4) is 0 Å². The molecule has 0 aromatic heterocycles. The number of carbonyl (C=O) groups is 1. The van der Waals surface area contributed by atoms with E-state index in [4.69, 9.17) is 9.84 Å². The van der Waals surface area contributed by atoms with E-state index in [0.29, 0.717) is 6.61 Å². The minimum Gasteiger partial charge on any atom is -0.478 e. The minimum atomic E-state index is -3.70. The number of carboxylic acids is 1. The normalized spacial score (nSPS) is 19.5. The maximum absolute atomic E-state index is 12.0. The van der Waals surface area contributed by atoms with Gasteiger partial charge in [0.15, 0.2) is 0 Å². The number of nitrogens with one attached hydrogen (secondary N) is 1. The zero-order valence-electron chi connectivity index (χ0n) is 10.2. The van der Waals surface area contributed by atoms with Gasteiger partial charge < -0.3 is 9.84 Å². The molecular weight excluding hydrogens is 270 g/mol. The molecule has 1 saturated heterocycles. The topological polar surface area (TPSA) is 92.7 Å². The van der Waals surface area contributed by atoms with Gasteiger partial charge in [-0.1, -0.05) is 6.07 Å². The first-order valence-electron chi connectivity index (χ1n) is 5.94. The van der Waals surface area contributed by atoms with E-state index in [-0.39, 0.29) is 23.1 Å². The van der Waals surface area contributed by atoms with Crippen molar-refractivity contribution in [2.75, 3.05) is 13.2 Å². The standard InChI is InChI=1S/C12H15NO5S/c14-12(15)9-3-1-5-11(7-9)19(16,17)13-8-10-4-2-6-18-10/h1,3,5,7,10,13H,2,4,6,8H2,(H,14,15)/t10-/m1/s1. The average Bonchev–Trinajstić information content (AvgIpc) is 2.90. The molecule has 2 rings (SSSR count). The number of sulfonamides is 1. The molecule has 19 heavy (non-hydrogen) atoms. The Morgan fingerprint density at radius 3 is 2.89 bits per heavy atom. The molecule has 1 heterocycles. The molecule has 0 unspecified atom stereocenters. The van der Waals surface area contributed by atoms with Crippen molar-refractivity contribution in [1.29, 1.82) is 0 Å².